The van der Waals surface area contributed by atoms with Crippen molar-refractivity contribution in [2.24, 2.45) is 11.8 Å². The van der Waals surface area contributed by atoms with E-state index >= 15 is 0 Å². The third kappa shape index (κ3) is 4.85. The largest absolute Gasteiger partial charge is 0.371 e. The molecule has 1 N–H and O–H groups in total. The van der Waals surface area contributed by atoms with E-state index in [-0.39, 0.29) is 12.0 Å². The molecule has 1 heterocycles. The van der Waals surface area contributed by atoms with Crippen LogP contribution in [0.5, 0.6) is 0 Å². The second-order valence-corrected chi connectivity index (χ2v) is 7.18. The summed E-state index contributed by atoms with van der Waals surface area (Å²) in [6.07, 6.45) is 3.25. The molecule has 0 bridgehead atoms. The van der Waals surface area contributed by atoms with Gasteiger partial charge in [-0.2, -0.15) is 0 Å². The number of hydrogen-bond acceptors (Lipinski definition) is 3. The molecule has 4 nitrogen and oxygen atoms in total. The molecule has 1 amide bonds. The fourth-order valence-corrected chi connectivity index (χ4v) is 3.04. The van der Waals surface area contributed by atoms with Crippen LogP contribution in [0.2, 0.25) is 5.02 Å². The number of carbonyl (C=O) groups is 1. The molecule has 3 rings (SSSR count). The van der Waals surface area contributed by atoms with E-state index in [1.807, 2.05) is 19.1 Å². The molecule has 1 saturated carbocycles. The van der Waals surface area contributed by atoms with Crippen LogP contribution in [0.15, 0.2) is 24.3 Å². The van der Waals surface area contributed by atoms with Gasteiger partial charge in [0, 0.05) is 30.3 Å². The van der Waals surface area contributed by atoms with Gasteiger partial charge in [-0.15, -0.1) is 0 Å². The van der Waals surface area contributed by atoms with Crippen LogP contribution in [0.1, 0.15) is 26.2 Å². The highest BCUT2D eigenvalue weighted by molar-refractivity contribution is 6.30. The molecule has 23 heavy (non-hydrogen) atoms. The average molecular weight is 337 g/mol. The minimum Gasteiger partial charge on any atom is -0.371 e. The molecule has 126 valence electrons. The van der Waals surface area contributed by atoms with E-state index in [4.69, 9.17) is 16.3 Å². The number of amides is 1. The zero-order valence-electron chi connectivity index (χ0n) is 13.6. The van der Waals surface area contributed by atoms with E-state index in [1.165, 1.54) is 18.5 Å². The predicted octanol–water partition coefficient (Wildman–Crippen LogP) is 3.10. The van der Waals surface area contributed by atoms with E-state index in [0.29, 0.717) is 11.8 Å². The first-order valence-electron chi connectivity index (χ1n) is 8.51. The molecule has 1 saturated heterocycles. The summed E-state index contributed by atoms with van der Waals surface area (Å²) in [5.41, 5.74) is 1.20. The number of carbonyl (C=O) groups excluding carboxylic acids is 1. The Morgan fingerprint density at radius 2 is 2.04 bits per heavy atom. The van der Waals surface area contributed by atoms with Crippen LogP contribution >= 0.6 is 11.6 Å². The Kier molecular flexibility index (Phi) is 5.44. The molecule has 0 unspecified atom stereocenters. The number of benzene rings is 1. The van der Waals surface area contributed by atoms with Crippen LogP contribution < -0.4 is 10.2 Å². The quantitative estimate of drug-likeness (QED) is 0.832. The fourth-order valence-electron chi connectivity index (χ4n) is 2.91. The summed E-state index contributed by atoms with van der Waals surface area (Å²) in [7, 11) is 0. The fraction of sp³-hybridized carbons (Fsp3) is 0.611. The molecular weight excluding hydrogens is 312 g/mol. The average Bonchev–Trinajstić information content (AvgIpc) is 3.27. The predicted molar refractivity (Wildman–Crippen MR) is 92.9 cm³/mol. The van der Waals surface area contributed by atoms with Crippen LogP contribution in [0.25, 0.3) is 0 Å². The molecule has 5 heteroatoms. The van der Waals surface area contributed by atoms with Gasteiger partial charge in [-0.1, -0.05) is 11.6 Å². The van der Waals surface area contributed by atoms with Crippen LogP contribution in [0, 0.1) is 11.8 Å². The molecule has 0 radical (unpaired) electrons. The van der Waals surface area contributed by atoms with Crippen molar-refractivity contribution in [1.29, 1.82) is 0 Å². The molecule has 2 aliphatic rings. The summed E-state index contributed by atoms with van der Waals surface area (Å²) in [5, 5.41) is 3.80. The van der Waals surface area contributed by atoms with E-state index in [2.05, 4.69) is 22.3 Å². The van der Waals surface area contributed by atoms with E-state index in [0.717, 1.165) is 37.7 Å². The van der Waals surface area contributed by atoms with Gasteiger partial charge in [-0.25, -0.2) is 0 Å². The maximum Gasteiger partial charge on any atom is 0.248 e. The molecule has 1 aromatic carbocycles. The van der Waals surface area contributed by atoms with Gasteiger partial charge in [0.1, 0.15) is 6.10 Å². The van der Waals surface area contributed by atoms with Gasteiger partial charge in [0.05, 0.1) is 6.61 Å². The number of hydrogen-bond donors (Lipinski definition) is 1. The first kappa shape index (κ1) is 16.6. The van der Waals surface area contributed by atoms with Gasteiger partial charge in [-0.3, -0.25) is 4.79 Å². The minimum absolute atomic E-state index is 0.00981. The second-order valence-electron chi connectivity index (χ2n) is 6.74. The number of ether oxygens (including phenoxy) is 1. The summed E-state index contributed by atoms with van der Waals surface area (Å²) >= 11 is 5.93. The summed E-state index contributed by atoms with van der Waals surface area (Å²) in [6, 6.07) is 7.95. The second kappa shape index (κ2) is 7.54. The van der Waals surface area contributed by atoms with Crippen molar-refractivity contribution in [2.75, 3.05) is 31.1 Å². The lowest BCUT2D eigenvalue weighted by molar-refractivity contribution is -0.132. The van der Waals surface area contributed by atoms with Crippen molar-refractivity contribution in [3.63, 3.8) is 0 Å². The third-order valence-corrected chi connectivity index (χ3v) is 4.94. The van der Waals surface area contributed by atoms with Crippen LogP contribution in [0.4, 0.5) is 5.69 Å². The molecule has 2 fully saturated rings. The number of nitrogens with zero attached hydrogens (tertiary/aromatic N) is 1. The van der Waals surface area contributed by atoms with E-state index in [9.17, 15) is 4.79 Å². The Hall–Kier alpha value is -1.26. The lowest BCUT2D eigenvalue weighted by Gasteiger charge is -2.19. The van der Waals surface area contributed by atoms with Crippen LogP contribution in [-0.4, -0.2) is 38.3 Å². The lowest BCUT2D eigenvalue weighted by atomic mass is 10.1. The van der Waals surface area contributed by atoms with Crippen molar-refractivity contribution in [2.45, 2.75) is 32.3 Å². The highest BCUT2D eigenvalue weighted by Gasteiger charge is 2.26. The molecule has 0 spiro atoms. The maximum absolute atomic E-state index is 12.1. The van der Waals surface area contributed by atoms with Crippen molar-refractivity contribution < 1.29 is 9.53 Å². The van der Waals surface area contributed by atoms with Crippen LogP contribution in [-0.2, 0) is 9.53 Å². The monoisotopic (exact) mass is 336 g/mol. The molecule has 1 aromatic rings. The smallest absolute Gasteiger partial charge is 0.248 e. The Bertz CT molecular complexity index is 530. The summed E-state index contributed by atoms with van der Waals surface area (Å²) in [5.74, 6) is 1.19. The number of nitrogens with one attached hydrogen (secondary N) is 1. The molecule has 1 aliphatic carbocycles. The summed E-state index contributed by atoms with van der Waals surface area (Å²) in [6.45, 7) is 5.28. The van der Waals surface area contributed by atoms with Crippen molar-refractivity contribution in [3.05, 3.63) is 29.3 Å². The maximum atomic E-state index is 12.1. The number of rotatable bonds is 7. The Morgan fingerprint density at radius 3 is 2.74 bits per heavy atom. The third-order valence-electron chi connectivity index (χ3n) is 4.69. The first-order valence-corrected chi connectivity index (χ1v) is 8.89. The van der Waals surface area contributed by atoms with Gasteiger partial charge in [0.2, 0.25) is 5.91 Å². The molecule has 1 aliphatic heterocycles. The Labute approximate surface area is 143 Å². The molecular formula is C18H25ClN2O2. The SMILES string of the molecule is C[C@H](OCC1CC1)C(=O)NC[C@@H]1CCN(c2ccc(Cl)cc2)C1. The van der Waals surface area contributed by atoms with Crippen molar-refractivity contribution in [1.82, 2.24) is 5.32 Å². The molecule has 2 atom stereocenters. The van der Waals surface area contributed by atoms with Gasteiger partial charge in [0.15, 0.2) is 0 Å². The number of halogens is 1. The highest BCUT2D eigenvalue weighted by Crippen LogP contribution is 2.29. The lowest BCUT2D eigenvalue weighted by Crippen LogP contribution is -2.38. The van der Waals surface area contributed by atoms with Crippen molar-refractivity contribution in [3.8, 4) is 0 Å². The molecule has 0 aromatic heterocycles. The topological polar surface area (TPSA) is 41.6 Å². The van der Waals surface area contributed by atoms with Gasteiger partial charge in [-0.05, 0) is 62.3 Å². The van der Waals surface area contributed by atoms with Gasteiger partial charge < -0.3 is 15.0 Å². The summed E-state index contributed by atoms with van der Waals surface area (Å²) < 4.78 is 5.61. The Balaban J connectivity index is 1.39. The normalized spacial score (nSPS) is 22.2. The van der Waals surface area contributed by atoms with E-state index in [1.54, 1.807) is 0 Å². The number of anilines is 1. The zero-order chi connectivity index (χ0) is 16.2. The van der Waals surface area contributed by atoms with E-state index < -0.39 is 0 Å². The first-order chi connectivity index (χ1) is 11.1. The zero-order valence-corrected chi connectivity index (χ0v) is 14.4. The highest BCUT2D eigenvalue weighted by atomic mass is 35.5. The van der Waals surface area contributed by atoms with Gasteiger partial charge in [0.25, 0.3) is 0 Å². The Morgan fingerprint density at radius 1 is 1.30 bits per heavy atom. The summed E-state index contributed by atoms with van der Waals surface area (Å²) in [4.78, 5) is 14.4. The minimum atomic E-state index is -0.343. The van der Waals surface area contributed by atoms with Crippen molar-refractivity contribution >= 4 is 23.2 Å². The van der Waals surface area contributed by atoms with Gasteiger partial charge >= 0.3 is 0 Å². The van der Waals surface area contributed by atoms with Crippen LogP contribution in [0.3, 0.4) is 0 Å². The standard InChI is InChI=1S/C18H25ClN2O2/c1-13(23-12-14-2-3-14)18(22)20-10-15-8-9-21(11-15)17-6-4-16(19)5-7-17/h4-7,13-15H,2-3,8-12H2,1H3,(H,20,22)/t13-,15-/m0/s1.